The van der Waals surface area contributed by atoms with Crippen LogP contribution in [-0.2, 0) is 11.2 Å². The second kappa shape index (κ2) is 8.45. The molecule has 2 aromatic rings. The fourth-order valence-corrected chi connectivity index (χ4v) is 3.79. The number of hydrogen-bond donors (Lipinski definition) is 1. The Labute approximate surface area is 151 Å². The van der Waals surface area contributed by atoms with Crippen molar-refractivity contribution in [1.82, 2.24) is 10.3 Å². The van der Waals surface area contributed by atoms with Crippen molar-refractivity contribution in [3.63, 3.8) is 0 Å². The average Bonchev–Trinajstić information content (AvgIpc) is 3.05. The predicted octanol–water partition coefficient (Wildman–Crippen LogP) is 5.01. The van der Waals surface area contributed by atoms with Gasteiger partial charge >= 0.3 is 0 Å². The Morgan fingerprint density at radius 1 is 1.25 bits per heavy atom. The monoisotopic (exact) mass is 360 g/mol. The van der Waals surface area contributed by atoms with E-state index in [1.54, 1.807) is 11.3 Å². The minimum absolute atomic E-state index is 0.0411. The van der Waals surface area contributed by atoms with Gasteiger partial charge in [0.2, 0.25) is 5.91 Å². The third-order valence-corrected chi connectivity index (χ3v) is 5.33. The van der Waals surface area contributed by atoms with Crippen molar-refractivity contribution in [2.75, 3.05) is 6.54 Å². The first-order valence-corrected chi connectivity index (χ1v) is 9.61. The smallest absolute Gasteiger partial charge is 0.226 e. The Morgan fingerprint density at radius 3 is 2.83 bits per heavy atom. The summed E-state index contributed by atoms with van der Waals surface area (Å²) >= 11 is 7.46. The molecule has 0 bridgehead atoms. The lowest BCUT2D eigenvalue weighted by atomic mass is 9.97. The molecule has 3 rings (SSSR count). The number of nitrogens with zero attached hydrogens (tertiary/aromatic N) is 1. The summed E-state index contributed by atoms with van der Waals surface area (Å²) in [6.07, 6.45) is 8.60. The molecule has 24 heavy (non-hydrogen) atoms. The van der Waals surface area contributed by atoms with Gasteiger partial charge in [-0.15, -0.1) is 11.3 Å². The highest BCUT2D eigenvalue weighted by atomic mass is 35.5. The third kappa shape index (κ3) is 4.92. The molecule has 1 heterocycles. The van der Waals surface area contributed by atoms with E-state index >= 15 is 0 Å². The van der Waals surface area contributed by atoms with Gasteiger partial charge < -0.3 is 5.32 Å². The molecule has 1 N–H and O–H groups in total. The number of halogens is 1. The Morgan fingerprint density at radius 2 is 2.08 bits per heavy atom. The molecule has 0 radical (unpaired) electrons. The topological polar surface area (TPSA) is 42.0 Å². The van der Waals surface area contributed by atoms with Crippen LogP contribution in [0.3, 0.4) is 0 Å². The number of thiazole rings is 1. The van der Waals surface area contributed by atoms with Crippen LogP contribution in [0, 0.1) is 0 Å². The second-order valence-corrected chi connectivity index (χ2v) is 7.33. The number of benzene rings is 1. The standard InChI is InChI=1S/C19H21ClN2OS/c20-16-8-6-15(7-9-16)19-22-17(13-24-19)12-18(23)21-11-10-14-4-2-1-3-5-14/h4,6-9,13H,1-3,5,10-12H2,(H,21,23). The van der Waals surface area contributed by atoms with Crippen LogP contribution < -0.4 is 5.32 Å². The van der Waals surface area contributed by atoms with Crippen molar-refractivity contribution >= 4 is 28.8 Å². The van der Waals surface area contributed by atoms with Crippen LogP contribution in [0.1, 0.15) is 37.8 Å². The van der Waals surface area contributed by atoms with Crippen LogP contribution in [0.4, 0.5) is 0 Å². The maximum absolute atomic E-state index is 12.1. The zero-order valence-electron chi connectivity index (χ0n) is 13.6. The lowest BCUT2D eigenvalue weighted by Crippen LogP contribution is -2.26. The Bertz CT molecular complexity index is 721. The van der Waals surface area contributed by atoms with Gasteiger partial charge in [0.15, 0.2) is 0 Å². The van der Waals surface area contributed by atoms with Crippen molar-refractivity contribution in [3.05, 3.63) is 52.0 Å². The first-order valence-electron chi connectivity index (χ1n) is 8.35. The fourth-order valence-electron chi connectivity index (χ4n) is 2.83. The van der Waals surface area contributed by atoms with Crippen LogP contribution in [0.25, 0.3) is 10.6 Å². The lowest BCUT2D eigenvalue weighted by Gasteiger charge is -2.12. The fraction of sp³-hybridized carbons (Fsp3) is 0.368. The van der Waals surface area contributed by atoms with Crippen LogP contribution in [-0.4, -0.2) is 17.4 Å². The van der Waals surface area contributed by atoms with Crippen LogP contribution in [0.15, 0.2) is 41.3 Å². The molecular weight excluding hydrogens is 340 g/mol. The largest absolute Gasteiger partial charge is 0.355 e. The van der Waals surface area contributed by atoms with E-state index in [0.717, 1.165) is 29.2 Å². The molecule has 1 aromatic heterocycles. The molecular formula is C19H21ClN2OS. The van der Waals surface area contributed by atoms with Crippen molar-refractivity contribution in [2.24, 2.45) is 0 Å². The molecule has 0 saturated carbocycles. The molecule has 0 saturated heterocycles. The van der Waals surface area contributed by atoms with Gasteiger partial charge in [0.1, 0.15) is 5.01 Å². The SMILES string of the molecule is O=C(Cc1csc(-c2ccc(Cl)cc2)n1)NCCC1=CCCCC1. The minimum Gasteiger partial charge on any atom is -0.355 e. The van der Waals surface area contributed by atoms with E-state index in [-0.39, 0.29) is 5.91 Å². The van der Waals surface area contributed by atoms with Gasteiger partial charge in [0, 0.05) is 22.5 Å². The molecule has 1 amide bonds. The zero-order valence-corrected chi connectivity index (χ0v) is 15.1. The summed E-state index contributed by atoms with van der Waals surface area (Å²) < 4.78 is 0. The predicted molar refractivity (Wildman–Crippen MR) is 100 cm³/mol. The van der Waals surface area contributed by atoms with Crippen LogP contribution in [0.5, 0.6) is 0 Å². The van der Waals surface area contributed by atoms with Gasteiger partial charge in [-0.25, -0.2) is 4.98 Å². The second-order valence-electron chi connectivity index (χ2n) is 6.04. The van der Waals surface area contributed by atoms with Crippen molar-refractivity contribution in [1.29, 1.82) is 0 Å². The molecule has 126 valence electrons. The molecule has 5 heteroatoms. The molecule has 0 aliphatic heterocycles. The van der Waals surface area contributed by atoms with Gasteiger partial charge in [-0.3, -0.25) is 4.79 Å². The molecule has 0 atom stereocenters. The number of rotatable bonds is 6. The number of aromatic nitrogens is 1. The highest BCUT2D eigenvalue weighted by molar-refractivity contribution is 7.13. The van der Waals surface area contributed by atoms with Gasteiger partial charge in [-0.05, 0) is 44.2 Å². The molecule has 3 nitrogen and oxygen atoms in total. The number of amides is 1. The van der Waals surface area contributed by atoms with Gasteiger partial charge in [0.05, 0.1) is 12.1 Å². The Hall–Kier alpha value is -1.65. The summed E-state index contributed by atoms with van der Waals surface area (Å²) in [6, 6.07) is 7.60. The van der Waals surface area contributed by atoms with Crippen LogP contribution in [0.2, 0.25) is 5.02 Å². The van der Waals surface area contributed by atoms with Crippen LogP contribution >= 0.6 is 22.9 Å². The van der Waals surface area contributed by atoms with Crippen molar-refractivity contribution in [2.45, 2.75) is 38.5 Å². The summed E-state index contributed by atoms with van der Waals surface area (Å²) in [5.74, 6) is 0.0411. The molecule has 1 aromatic carbocycles. The molecule has 0 spiro atoms. The van der Waals surface area contributed by atoms with Gasteiger partial charge in [-0.2, -0.15) is 0 Å². The van der Waals surface area contributed by atoms with E-state index in [2.05, 4.69) is 16.4 Å². The lowest BCUT2D eigenvalue weighted by molar-refractivity contribution is -0.120. The van der Waals surface area contributed by atoms with E-state index in [4.69, 9.17) is 11.6 Å². The number of nitrogens with one attached hydrogen (secondary N) is 1. The maximum atomic E-state index is 12.1. The number of allylic oxidation sites excluding steroid dienone is 1. The quantitative estimate of drug-likeness (QED) is 0.735. The summed E-state index contributed by atoms with van der Waals surface area (Å²) in [4.78, 5) is 16.6. The summed E-state index contributed by atoms with van der Waals surface area (Å²) in [7, 11) is 0. The molecule has 0 unspecified atom stereocenters. The Balaban J connectivity index is 1.48. The molecule has 1 aliphatic rings. The summed E-state index contributed by atoms with van der Waals surface area (Å²) in [5, 5.41) is 6.58. The molecule has 0 fully saturated rings. The number of hydrogen-bond acceptors (Lipinski definition) is 3. The van der Waals surface area contributed by atoms with E-state index in [1.807, 2.05) is 29.6 Å². The van der Waals surface area contributed by atoms with E-state index < -0.39 is 0 Å². The zero-order chi connectivity index (χ0) is 16.8. The van der Waals surface area contributed by atoms with Crippen molar-refractivity contribution in [3.8, 4) is 10.6 Å². The van der Waals surface area contributed by atoms with Crippen molar-refractivity contribution < 1.29 is 4.79 Å². The van der Waals surface area contributed by atoms with Gasteiger partial charge in [0.25, 0.3) is 0 Å². The maximum Gasteiger partial charge on any atom is 0.226 e. The third-order valence-electron chi connectivity index (χ3n) is 4.14. The summed E-state index contributed by atoms with van der Waals surface area (Å²) in [5.41, 5.74) is 3.33. The first-order chi connectivity index (χ1) is 11.7. The van der Waals surface area contributed by atoms with E-state index in [1.165, 1.54) is 31.3 Å². The normalized spacial score (nSPS) is 14.3. The highest BCUT2D eigenvalue weighted by Crippen LogP contribution is 2.25. The van der Waals surface area contributed by atoms with E-state index in [0.29, 0.717) is 11.4 Å². The van der Waals surface area contributed by atoms with Gasteiger partial charge in [-0.1, -0.05) is 35.4 Å². The summed E-state index contributed by atoms with van der Waals surface area (Å²) in [6.45, 7) is 0.721. The molecule has 1 aliphatic carbocycles. The number of carbonyl (C=O) groups is 1. The average molecular weight is 361 g/mol. The highest BCUT2D eigenvalue weighted by Gasteiger charge is 2.10. The Kier molecular flexibility index (Phi) is 6.05. The number of carbonyl (C=O) groups excluding carboxylic acids is 1. The minimum atomic E-state index is 0.0411. The van der Waals surface area contributed by atoms with E-state index in [9.17, 15) is 4.79 Å². The first kappa shape index (κ1) is 17.2.